The molecule has 4 rings (SSSR count). The third-order valence-corrected chi connectivity index (χ3v) is 4.36. The molecule has 1 atom stereocenters. The number of aromatic amines is 1. The topological polar surface area (TPSA) is 85.4 Å². The second kappa shape index (κ2) is 6.59. The average Bonchev–Trinajstić information content (AvgIpc) is 3.40. The Morgan fingerprint density at radius 2 is 2.04 bits per heavy atom. The maximum Gasteiger partial charge on any atom is 0.249 e. The van der Waals surface area contributed by atoms with Crippen LogP contribution in [0.25, 0.3) is 22.6 Å². The Morgan fingerprint density at radius 3 is 2.69 bits per heavy atom. The summed E-state index contributed by atoms with van der Waals surface area (Å²) in [5.41, 5.74) is 4.66. The molecule has 0 bridgehead atoms. The van der Waals surface area contributed by atoms with Crippen molar-refractivity contribution in [1.82, 2.24) is 29.9 Å². The third kappa shape index (κ3) is 2.81. The number of H-pyrrole nitrogens is 1. The third-order valence-electron chi connectivity index (χ3n) is 4.36. The lowest BCUT2D eigenvalue weighted by atomic mass is 10.1. The SMILES string of the molecule is CCc1noc(C(C)n2cnc(-c3ccccc3)c2-c2cc(C)[nH]n2)n1. The van der Waals surface area contributed by atoms with Gasteiger partial charge in [0.1, 0.15) is 11.7 Å². The number of nitrogens with one attached hydrogen (secondary N) is 1. The van der Waals surface area contributed by atoms with E-state index >= 15 is 0 Å². The Balaban J connectivity index is 1.86. The van der Waals surface area contributed by atoms with Crippen LogP contribution in [0.15, 0.2) is 47.2 Å². The molecule has 3 aromatic heterocycles. The van der Waals surface area contributed by atoms with Crippen LogP contribution in [0.1, 0.15) is 37.3 Å². The molecule has 0 amide bonds. The van der Waals surface area contributed by atoms with Crippen molar-refractivity contribution in [2.45, 2.75) is 33.2 Å². The summed E-state index contributed by atoms with van der Waals surface area (Å²) in [5, 5.41) is 11.5. The summed E-state index contributed by atoms with van der Waals surface area (Å²) in [6.45, 7) is 6.00. The molecule has 132 valence electrons. The highest BCUT2D eigenvalue weighted by molar-refractivity contribution is 5.77. The number of aryl methyl sites for hydroxylation is 2. The van der Waals surface area contributed by atoms with Gasteiger partial charge in [-0.1, -0.05) is 42.4 Å². The molecule has 0 saturated carbocycles. The van der Waals surface area contributed by atoms with E-state index in [9.17, 15) is 0 Å². The standard InChI is InChI=1S/C19H20N6O/c1-4-16-21-19(26-24-16)13(3)25-11-20-17(14-8-6-5-7-9-14)18(25)15-10-12(2)22-23-15/h5-11,13H,4H2,1-3H3,(H,22,23). The quantitative estimate of drug-likeness (QED) is 0.593. The van der Waals surface area contributed by atoms with Crippen LogP contribution in [0.4, 0.5) is 0 Å². The van der Waals surface area contributed by atoms with Crippen molar-refractivity contribution >= 4 is 0 Å². The van der Waals surface area contributed by atoms with E-state index in [2.05, 4.69) is 25.3 Å². The Labute approximate surface area is 151 Å². The molecule has 7 nitrogen and oxygen atoms in total. The van der Waals surface area contributed by atoms with Crippen LogP contribution in [0.5, 0.6) is 0 Å². The molecule has 0 aliphatic carbocycles. The van der Waals surface area contributed by atoms with Gasteiger partial charge < -0.3 is 9.09 Å². The fourth-order valence-corrected chi connectivity index (χ4v) is 2.95. The molecule has 0 aliphatic rings. The first kappa shape index (κ1) is 16.3. The highest BCUT2D eigenvalue weighted by atomic mass is 16.5. The van der Waals surface area contributed by atoms with Gasteiger partial charge in [0.15, 0.2) is 5.82 Å². The van der Waals surface area contributed by atoms with E-state index < -0.39 is 0 Å². The number of benzene rings is 1. The summed E-state index contributed by atoms with van der Waals surface area (Å²) in [6, 6.07) is 11.9. The van der Waals surface area contributed by atoms with E-state index in [4.69, 9.17) is 4.52 Å². The van der Waals surface area contributed by atoms with E-state index in [1.807, 2.05) is 68.1 Å². The van der Waals surface area contributed by atoms with Gasteiger partial charge in [0.2, 0.25) is 5.89 Å². The van der Waals surface area contributed by atoms with Crippen LogP contribution in [0, 0.1) is 6.92 Å². The average molecular weight is 348 g/mol. The predicted molar refractivity (Wildman–Crippen MR) is 97.5 cm³/mol. The van der Waals surface area contributed by atoms with Gasteiger partial charge in [-0.05, 0) is 19.9 Å². The van der Waals surface area contributed by atoms with Crippen molar-refractivity contribution in [3.63, 3.8) is 0 Å². The Morgan fingerprint density at radius 1 is 1.23 bits per heavy atom. The highest BCUT2D eigenvalue weighted by Gasteiger charge is 2.24. The first-order valence-electron chi connectivity index (χ1n) is 8.64. The van der Waals surface area contributed by atoms with Gasteiger partial charge in [-0.2, -0.15) is 10.1 Å². The summed E-state index contributed by atoms with van der Waals surface area (Å²) >= 11 is 0. The van der Waals surface area contributed by atoms with Crippen LogP contribution in [0.3, 0.4) is 0 Å². The monoisotopic (exact) mass is 348 g/mol. The van der Waals surface area contributed by atoms with Crippen molar-refractivity contribution in [2.24, 2.45) is 0 Å². The van der Waals surface area contributed by atoms with Crippen LogP contribution in [-0.4, -0.2) is 29.9 Å². The van der Waals surface area contributed by atoms with Crippen LogP contribution in [-0.2, 0) is 6.42 Å². The zero-order valence-corrected chi connectivity index (χ0v) is 15.0. The lowest BCUT2D eigenvalue weighted by molar-refractivity contribution is 0.343. The second-order valence-electron chi connectivity index (χ2n) is 6.23. The number of hydrogen-bond donors (Lipinski definition) is 1. The van der Waals surface area contributed by atoms with Crippen LogP contribution < -0.4 is 0 Å². The molecule has 1 unspecified atom stereocenters. The molecule has 0 radical (unpaired) electrons. The lowest BCUT2D eigenvalue weighted by Crippen LogP contribution is -2.08. The molecular weight excluding hydrogens is 328 g/mol. The number of aromatic nitrogens is 6. The molecule has 26 heavy (non-hydrogen) atoms. The maximum atomic E-state index is 5.44. The first-order valence-corrected chi connectivity index (χ1v) is 8.64. The van der Waals surface area contributed by atoms with Gasteiger partial charge in [-0.15, -0.1) is 0 Å². The van der Waals surface area contributed by atoms with E-state index in [1.54, 1.807) is 0 Å². The van der Waals surface area contributed by atoms with Crippen molar-refractivity contribution < 1.29 is 4.52 Å². The van der Waals surface area contributed by atoms with Crippen molar-refractivity contribution in [1.29, 1.82) is 0 Å². The molecule has 0 spiro atoms. The Bertz CT molecular complexity index is 1010. The zero-order chi connectivity index (χ0) is 18.1. The first-order chi connectivity index (χ1) is 12.7. The zero-order valence-electron chi connectivity index (χ0n) is 15.0. The molecule has 0 fully saturated rings. The molecule has 0 saturated heterocycles. The van der Waals surface area contributed by atoms with Gasteiger partial charge >= 0.3 is 0 Å². The summed E-state index contributed by atoms with van der Waals surface area (Å²) in [6.07, 6.45) is 2.54. The van der Waals surface area contributed by atoms with Gasteiger partial charge in [0, 0.05) is 17.7 Å². The summed E-state index contributed by atoms with van der Waals surface area (Å²) in [5.74, 6) is 1.26. The molecule has 0 aliphatic heterocycles. The number of nitrogens with zero attached hydrogens (tertiary/aromatic N) is 5. The van der Waals surface area contributed by atoms with Crippen molar-refractivity contribution in [2.75, 3.05) is 0 Å². The minimum Gasteiger partial charge on any atom is -0.337 e. The fraction of sp³-hybridized carbons (Fsp3) is 0.263. The Kier molecular flexibility index (Phi) is 4.12. The van der Waals surface area contributed by atoms with Gasteiger partial charge in [0.25, 0.3) is 0 Å². The summed E-state index contributed by atoms with van der Waals surface area (Å²) < 4.78 is 7.48. The fourth-order valence-electron chi connectivity index (χ4n) is 2.95. The van der Waals surface area contributed by atoms with E-state index in [0.717, 1.165) is 34.8 Å². The minimum absolute atomic E-state index is 0.153. The molecule has 4 aromatic rings. The highest BCUT2D eigenvalue weighted by Crippen LogP contribution is 2.33. The number of rotatable bonds is 5. The lowest BCUT2D eigenvalue weighted by Gasteiger charge is -2.13. The molecule has 3 heterocycles. The van der Waals surface area contributed by atoms with E-state index in [0.29, 0.717) is 11.7 Å². The van der Waals surface area contributed by atoms with Gasteiger partial charge in [0.05, 0.1) is 17.7 Å². The second-order valence-corrected chi connectivity index (χ2v) is 6.23. The summed E-state index contributed by atoms with van der Waals surface area (Å²) in [4.78, 5) is 9.14. The van der Waals surface area contributed by atoms with E-state index in [1.165, 1.54) is 0 Å². The molecule has 1 N–H and O–H groups in total. The minimum atomic E-state index is -0.153. The summed E-state index contributed by atoms with van der Waals surface area (Å²) in [7, 11) is 0. The van der Waals surface area contributed by atoms with Crippen molar-refractivity contribution in [3.05, 3.63) is 60.1 Å². The van der Waals surface area contributed by atoms with Crippen LogP contribution >= 0.6 is 0 Å². The smallest absolute Gasteiger partial charge is 0.249 e. The van der Waals surface area contributed by atoms with Crippen molar-refractivity contribution in [3.8, 4) is 22.6 Å². The molecule has 1 aromatic carbocycles. The predicted octanol–water partition coefficient (Wildman–Crippen LogP) is 3.80. The van der Waals surface area contributed by atoms with Gasteiger partial charge in [-0.3, -0.25) is 5.10 Å². The molecular formula is C19H20N6O. The number of imidazole rings is 1. The number of hydrogen-bond acceptors (Lipinski definition) is 5. The normalized spacial score (nSPS) is 12.4. The van der Waals surface area contributed by atoms with E-state index in [-0.39, 0.29) is 6.04 Å². The van der Waals surface area contributed by atoms with Gasteiger partial charge in [-0.25, -0.2) is 4.98 Å². The maximum absolute atomic E-state index is 5.44. The largest absolute Gasteiger partial charge is 0.337 e. The molecule has 7 heteroatoms. The van der Waals surface area contributed by atoms with Crippen LogP contribution in [0.2, 0.25) is 0 Å². The Hall–Kier alpha value is -3.22.